The number of anilines is 1. The lowest BCUT2D eigenvalue weighted by Gasteiger charge is -2.10. The molecule has 0 saturated carbocycles. The lowest BCUT2D eigenvalue weighted by molar-refractivity contribution is 0.0697. The Kier molecular flexibility index (Phi) is 4.22. The number of rotatable bonds is 4. The highest BCUT2D eigenvalue weighted by Crippen LogP contribution is 2.16. The lowest BCUT2D eigenvalue weighted by atomic mass is 10.1. The zero-order valence-electron chi connectivity index (χ0n) is 11.6. The Morgan fingerprint density at radius 1 is 1.29 bits per heavy atom. The second-order valence-corrected chi connectivity index (χ2v) is 4.57. The lowest BCUT2D eigenvalue weighted by Crippen LogP contribution is -2.28. The first-order chi connectivity index (χ1) is 9.95. The first-order valence-electron chi connectivity index (χ1n) is 6.26. The third-order valence-corrected chi connectivity index (χ3v) is 2.84. The normalized spacial score (nSPS) is 10.2. The maximum Gasteiger partial charge on any atom is 0.335 e. The fourth-order valence-electron chi connectivity index (χ4n) is 1.73. The van der Waals surface area contributed by atoms with Gasteiger partial charge in [0.2, 0.25) is 0 Å². The molecule has 2 rings (SSSR count). The molecule has 0 saturated heterocycles. The van der Waals surface area contributed by atoms with Crippen LogP contribution in [0.5, 0.6) is 0 Å². The monoisotopic (exact) mass is 289 g/mol. The smallest absolute Gasteiger partial charge is 0.335 e. The summed E-state index contributed by atoms with van der Waals surface area (Å²) < 4.78 is 4.89. The number of hydrogen-bond donors (Lipinski definition) is 3. The molecule has 0 unspecified atom stereocenters. The fourth-order valence-corrected chi connectivity index (χ4v) is 1.73. The number of nitrogens with zero attached hydrogens (tertiary/aromatic N) is 1. The second-order valence-electron chi connectivity index (χ2n) is 4.57. The number of nitrogens with one attached hydrogen (secondary N) is 2. The van der Waals surface area contributed by atoms with Crippen LogP contribution in [0, 0.1) is 13.8 Å². The Labute approximate surface area is 120 Å². The van der Waals surface area contributed by atoms with Crippen molar-refractivity contribution in [1.29, 1.82) is 0 Å². The summed E-state index contributed by atoms with van der Waals surface area (Å²) in [6.07, 6.45) is 0. The first kappa shape index (κ1) is 14.6. The minimum atomic E-state index is -1.04. The summed E-state index contributed by atoms with van der Waals surface area (Å²) in [5, 5.41) is 17.9. The summed E-state index contributed by atoms with van der Waals surface area (Å²) in [5.74, 6) is -0.381. The number of aryl methyl sites for hydroxylation is 2. The number of benzene rings is 1. The molecule has 0 aliphatic rings. The number of aromatic carboxylic acids is 1. The average Bonchev–Trinajstić information content (AvgIpc) is 2.84. The third kappa shape index (κ3) is 3.82. The first-order valence-corrected chi connectivity index (χ1v) is 6.26. The minimum absolute atomic E-state index is 0.114. The molecule has 2 amide bonds. The highest BCUT2D eigenvalue weighted by Gasteiger charge is 2.09. The maximum atomic E-state index is 11.8. The van der Waals surface area contributed by atoms with Crippen LogP contribution in [0.15, 0.2) is 28.8 Å². The molecule has 21 heavy (non-hydrogen) atoms. The van der Waals surface area contributed by atoms with Crippen molar-refractivity contribution in [2.45, 2.75) is 20.4 Å². The zero-order chi connectivity index (χ0) is 15.4. The van der Waals surface area contributed by atoms with Crippen LogP contribution < -0.4 is 10.6 Å². The van der Waals surface area contributed by atoms with Gasteiger partial charge in [-0.2, -0.15) is 0 Å². The summed E-state index contributed by atoms with van der Waals surface area (Å²) in [5.41, 5.74) is 1.94. The van der Waals surface area contributed by atoms with Gasteiger partial charge in [0.15, 0.2) is 0 Å². The molecule has 1 aromatic carbocycles. The van der Waals surface area contributed by atoms with E-state index in [0.717, 1.165) is 5.56 Å². The van der Waals surface area contributed by atoms with Gasteiger partial charge in [0.25, 0.3) is 0 Å². The fraction of sp³-hybridized carbons (Fsp3) is 0.214. The van der Waals surface area contributed by atoms with Gasteiger partial charge in [0.05, 0.1) is 12.1 Å². The van der Waals surface area contributed by atoms with E-state index < -0.39 is 12.0 Å². The Morgan fingerprint density at radius 2 is 2.05 bits per heavy atom. The molecule has 7 heteroatoms. The maximum absolute atomic E-state index is 11.8. The third-order valence-electron chi connectivity index (χ3n) is 2.84. The van der Waals surface area contributed by atoms with Crippen molar-refractivity contribution in [2.24, 2.45) is 0 Å². The van der Waals surface area contributed by atoms with E-state index >= 15 is 0 Å². The molecular formula is C14H15N3O4. The number of urea groups is 1. The van der Waals surface area contributed by atoms with Crippen molar-refractivity contribution in [3.05, 3.63) is 46.8 Å². The Hall–Kier alpha value is -2.83. The molecule has 0 aliphatic heterocycles. The predicted octanol–water partition coefficient (Wildman–Crippen LogP) is 2.31. The van der Waals surface area contributed by atoms with Crippen LogP contribution in [-0.2, 0) is 6.54 Å². The summed E-state index contributed by atoms with van der Waals surface area (Å²) in [7, 11) is 0. The van der Waals surface area contributed by atoms with Crippen molar-refractivity contribution in [1.82, 2.24) is 10.5 Å². The van der Waals surface area contributed by atoms with E-state index in [1.54, 1.807) is 26.0 Å². The molecule has 7 nitrogen and oxygen atoms in total. The topological polar surface area (TPSA) is 104 Å². The van der Waals surface area contributed by atoms with Gasteiger partial charge in [-0.15, -0.1) is 0 Å². The van der Waals surface area contributed by atoms with Gasteiger partial charge in [-0.25, -0.2) is 9.59 Å². The van der Waals surface area contributed by atoms with E-state index in [1.807, 2.05) is 0 Å². The molecule has 0 radical (unpaired) electrons. The predicted molar refractivity (Wildman–Crippen MR) is 75.2 cm³/mol. The number of amides is 2. The average molecular weight is 289 g/mol. The van der Waals surface area contributed by atoms with Gasteiger partial charge in [-0.3, -0.25) is 0 Å². The van der Waals surface area contributed by atoms with E-state index in [1.165, 1.54) is 12.1 Å². The van der Waals surface area contributed by atoms with Gasteiger partial charge >= 0.3 is 12.0 Å². The number of carboxylic acid groups (broad SMARTS) is 1. The van der Waals surface area contributed by atoms with Crippen LogP contribution in [0.4, 0.5) is 10.5 Å². The van der Waals surface area contributed by atoms with E-state index in [-0.39, 0.29) is 12.1 Å². The molecule has 0 fully saturated rings. The van der Waals surface area contributed by atoms with Crippen LogP contribution in [0.25, 0.3) is 0 Å². The van der Waals surface area contributed by atoms with Crippen LogP contribution >= 0.6 is 0 Å². The highest BCUT2D eigenvalue weighted by molar-refractivity contribution is 5.93. The summed E-state index contributed by atoms with van der Waals surface area (Å²) >= 11 is 0. The van der Waals surface area contributed by atoms with Crippen molar-refractivity contribution >= 4 is 17.7 Å². The van der Waals surface area contributed by atoms with Gasteiger partial charge < -0.3 is 20.3 Å². The van der Waals surface area contributed by atoms with Crippen molar-refractivity contribution in [2.75, 3.05) is 5.32 Å². The van der Waals surface area contributed by atoms with Crippen molar-refractivity contribution in [3.8, 4) is 0 Å². The van der Waals surface area contributed by atoms with Gasteiger partial charge in [-0.05, 0) is 31.5 Å². The molecule has 1 heterocycles. The van der Waals surface area contributed by atoms with Gasteiger partial charge in [-0.1, -0.05) is 11.2 Å². The van der Waals surface area contributed by atoms with E-state index in [0.29, 0.717) is 17.1 Å². The SMILES string of the molecule is Cc1cc(CNC(=O)Nc2cc(C(=O)O)ccc2C)no1. The molecule has 0 bridgehead atoms. The standard InChI is InChI=1S/C14H15N3O4/c1-8-3-4-10(13(18)19)6-12(8)16-14(20)15-7-11-5-9(2)21-17-11/h3-6H,7H2,1-2H3,(H,18,19)(H2,15,16,20). The number of carbonyl (C=O) groups is 2. The van der Waals surface area contributed by atoms with E-state index in [4.69, 9.17) is 9.63 Å². The Bertz CT molecular complexity index is 679. The summed E-state index contributed by atoms with van der Waals surface area (Å²) in [6, 6.07) is 5.81. The molecule has 0 atom stereocenters. The Morgan fingerprint density at radius 3 is 2.67 bits per heavy atom. The van der Waals surface area contributed by atoms with Gasteiger partial charge in [0.1, 0.15) is 11.5 Å². The number of carboxylic acids is 1. The van der Waals surface area contributed by atoms with Gasteiger partial charge in [0, 0.05) is 11.8 Å². The molecule has 1 aromatic heterocycles. The second kappa shape index (κ2) is 6.08. The molecule has 3 N–H and O–H groups in total. The zero-order valence-corrected chi connectivity index (χ0v) is 11.6. The molecule has 0 aliphatic carbocycles. The molecule has 0 spiro atoms. The quantitative estimate of drug-likeness (QED) is 0.801. The van der Waals surface area contributed by atoms with Crippen LogP contribution in [-0.4, -0.2) is 22.3 Å². The number of carbonyl (C=O) groups excluding carboxylic acids is 1. The number of aromatic nitrogens is 1. The Balaban J connectivity index is 1.99. The largest absolute Gasteiger partial charge is 0.478 e. The summed E-state index contributed by atoms with van der Waals surface area (Å²) in [4.78, 5) is 22.7. The molecule has 2 aromatic rings. The summed E-state index contributed by atoms with van der Waals surface area (Å²) in [6.45, 7) is 3.76. The molecular weight excluding hydrogens is 274 g/mol. The van der Waals surface area contributed by atoms with Crippen molar-refractivity contribution < 1.29 is 19.2 Å². The molecule has 110 valence electrons. The highest BCUT2D eigenvalue weighted by atomic mass is 16.5. The van der Waals surface area contributed by atoms with E-state index in [9.17, 15) is 9.59 Å². The van der Waals surface area contributed by atoms with Crippen LogP contribution in [0.2, 0.25) is 0 Å². The number of hydrogen-bond acceptors (Lipinski definition) is 4. The minimum Gasteiger partial charge on any atom is -0.478 e. The van der Waals surface area contributed by atoms with Crippen LogP contribution in [0.3, 0.4) is 0 Å². The van der Waals surface area contributed by atoms with E-state index in [2.05, 4.69) is 15.8 Å². The van der Waals surface area contributed by atoms with Crippen molar-refractivity contribution in [3.63, 3.8) is 0 Å². The van der Waals surface area contributed by atoms with Crippen LogP contribution in [0.1, 0.15) is 27.4 Å².